The Hall–Kier alpha value is -1.16. The average molecular weight is 264 g/mol. The van der Waals surface area contributed by atoms with Crippen LogP contribution >= 0.6 is 11.8 Å². The molecule has 0 bridgehead atoms. The monoisotopic (exact) mass is 264 g/mol. The summed E-state index contributed by atoms with van der Waals surface area (Å²) in [5.41, 5.74) is 1.83. The van der Waals surface area contributed by atoms with Gasteiger partial charge in [0.05, 0.1) is 0 Å². The molecule has 1 aliphatic heterocycles. The maximum absolute atomic E-state index is 11.6. The number of anilines is 1. The fourth-order valence-corrected chi connectivity index (χ4v) is 3.16. The highest BCUT2D eigenvalue weighted by atomic mass is 32.2. The van der Waals surface area contributed by atoms with Crippen LogP contribution < -0.4 is 10.6 Å². The van der Waals surface area contributed by atoms with Crippen LogP contribution in [0.4, 0.5) is 5.69 Å². The lowest BCUT2D eigenvalue weighted by Gasteiger charge is -2.23. The fraction of sp³-hybridized carbons (Fsp3) is 0.500. The first-order valence-electron chi connectivity index (χ1n) is 6.52. The summed E-state index contributed by atoms with van der Waals surface area (Å²) in [6.07, 6.45) is 2.45. The Bertz CT molecular complexity index is 385. The topological polar surface area (TPSA) is 41.1 Å². The van der Waals surface area contributed by atoms with Gasteiger partial charge >= 0.3 is 0 Å². The second-order valence-corrected chi connectivity index (χ2v) is 5.69. The van der Waals surface area contributed by atoms with Gasteiger partial charge in [-0.1, -0.05) is 0 Å². The van der Waals surface area contributed by atoms with Crippen LogP contribution in [0.1, 0.15) is 30.1 Å². The predicted octanol–water partition coefficient (Wildman–Crippen LogP) is 2.74. The van der Waals surface area contributed by atoms with Crippen molar-refractivity contribution in [2.75, 3.05) is 23.4 Å². The molecule has 3 nitrogen and oxygen atoms in total. The van der Waals surface area contributed by atoms with E-state index in [2.05, 4.69) is 10.6 Å². The zero-order valence-corrected chi connectivity index (χ0v) is 11.6. The van der Waals surface area contributed by atoms with Crippen LogP contribution in [0.3, 0.4) is 0 Å². The van der Waals surface area contributed by atoms with E-state index in [0.717, 1.165) is 11.3 Å². The Labute approximate surface area is 113 Å². The van der Waals surface area contributed by atoms with Crippen molar-refractivity contribution in [3.63, 3.8) is 0 Å². The normalized spacial score (nSPS) is 16.3. The van der Waals surface area contributed by atoms with E-state index in [-0.39, 0.29) is 5.91 Å². The summed E-state index contributed by atoms with van der Waals surface area (Å²) in [7, 11) is 0. The molecular formula is C14H20N2OS. The average Bonchev–Trinajstić information content (AvgIpc) is 2.41. The van der Waals surface area contributed by atoms with Gasteiger partial charge in [-0.3, -0.25) is 4.79 Å². The van der Waals surface area contributed by atoms with Crippen LogP contribution in [0, 0.1) is 0 Å². The third-order valence-electron chi connectivity index (χ3n) is 3.08. The highest BCUT2D eigenvalue weighted by molar-refractivity contribution is 7.99. The maximum Gasteiger partial charge on any atom is 0.251 e. The van der Waals surface area contributed by atoms with Crippen molar-refractivity contribution < 1.29 is 4.79 Å². The Balaban J connectivity index is 1.92. The molecule has 0 radical (unpaired) electrons. The van der Waals surface area contributed by atoms with E-state index in [1.807, 2.05) is 43.0 Å². The van der Waals surface area contributed by atoms with E-state index >= 15 is 0 Å². The summed E-state index contributed by atoms with van der Waals surface area (Å²) in [4.78, 5) is 11.6. The van der Waals surface area contributed by atoms with Crippen molar-refractivity contribution >= 4 is 23.4 Å². The van der Waals surface area contributed by atoms with E-state index in [4.69, 9.17) is 0 Å². The van der Waals surface area contributed by atoms with Crippen LogP contribution in [0.25, 0.3) is 0 Å². The lowest BCUT2D eigenvalue weighted by atomic mass is 10.1. The minimum absolute atomic E-state index is 0.00174. The molecular weight excluding hydrogens is 244 g/mol. The lowest BCUT2D eigenvalue weighted by Crippen LogP contribution is -2.25. The van der Waals surface area contributed by atoms with E-state index in [1.165, 1.54) is 24.3 Å². The van der Waals surface area contributed by atoms with Gasteiger partial charge in [0, 0.05) is 23.8 Å². The Morgan fingerprint density at radius 2 is 1.94 bits per heavy atom. The van der Waals surface area contributed by atoms with Crippen LogP contribution in [-0.2, 0) is 0 Å². The number of hydrogen-bond donors (Lipinski definition) is 2. The van der Waals surface area contributed by atoms with Gasteiger partial charge in [-0.2, -0.15) is 11.8 Å². The molecule has 0 atom stereocenters. The van der Waals surface area contributed by atoms with Crippen LogP contribution in [0.15, 0.2) is 24.3 Å². The number of carbonyl (C=O) groups excluding carboxylic acids is 1. The first-order chi connectivity index (χ1) is 8.79. The van der Waals surface area contributed by atoms with E-state index in [0.29, 0.717) is 12.6 Å². The summed E-state index contributed by atoms with van der Waals surface area (Å²) in [5, 5.41) is 6.33. The summed E-state index contributed by atoms with van der Waals surface area (Å²) >= 11 is 2.03. The van der Waals surface area contributed by atoms with Crippen LogP contribution in [0.2, 0.25) is 0 Å². The molecule has 1 aromatic carbocycles. The van der Waals surface area contributed by atoms with Gasteiger partial charge in [-0.25, -0.2) is 0 Å². The van der Waals surface area contributed by atoms with Crippen molar-refractivity contribution in [3.8, 4) is 0 Å². The number of nitrogens with one attached hydrogen (secondary N) is 2. The number of amides is 1. The van der Waals surface area contributed by atoms with Crippen molar-refractivity contribution in [2.24, 2.45) is 0 Å². The highest BCUT2D eigenvalue weighted by Crippen LogP contribution is 2.21. The molecule has 0 aromatic heterocycles. The molecule has 1 amide bonds. The van der Waals surface area contributed by atoms with Gasteiger partial charge in [0.2, 0.25) is 0 Å². The minimum atomic E-state index is -0.00174. The number of carbonyl (C=O) groups is 1. The van der Waals surface area contributed by atoms with Crippen molar-refractivity contribution in [1.29, 1.82) is 0 Å². The molecule has 1 saturated heterocycles. The molecule has 2 N–H and O–H groups in total. The van der Waals surface area contributed by atoms with E-state index < -0.39 is 0 Å². The molecule has 1 heterocycles. The predicted molar refractivity (Wildman–Crippen MR) is 78.4 cm³/mol. The molecule has 1 fully saturated rings. The second kappa shape index (κ2) is 6.69. The first-order valence-corrected chi connectivity index (χ1v) is 7.67. The Kier molecular flexibility index (Phi) is 4.93. The molecule has 0 spiro atoms. The summed E-state index contributed by atoms with van der Waals surface area (Å²) < 4.78 is 0. The number of hydrogen-bond acceptors (Lipinski definition) is 3. The zero-order chi connectivity index (χ0) is 12.8. The molecule has 1 aliphatic rings. The third-order valence-corrected chi connectivity index (χ3v) is 4.13. The van der Waals surface area contributed by atoms with E-state index in [9.17, 15) is 4.79 Å². The first kappa shape index (κ1) is 13.3. The molecule has 18 heavy (non-hydrogen) atoms. The molecule has 0 unspecified atom stereocenters. The smallest absolute Gasteiger partial charge is 0.251 e. The standard InChI is InChI=1S/C14H20N2OS/c1-2-15-14(17)11-3-5-12(6-4-11)16-13-7-9-18-10-8-13/h3-6,13,16H,2,7-10H2,1H3,(H,15,17). The van der Waals surface area contributed by atoms with Crippen molar-refractivity contribution in [2.45, 2.75) is 25.8 Å². The lowest BCUT2D eigenvalue weighted by molar-refractivity contribution is 0.0956. The van der Waals surface area contributed by atoms with Gasteiger partial charge in [-0.05, 0) is 55.5 Å². The van der Waals surface area contributed by atoms with Crippen LogP contribution in [-0.4, -0.2) is 30.0 Å². The minimum Gasteiger partial charge on any atom is -0.382 e. The number of benzene rings is 1. The number of rotatable bonds is 4. The molecule has 1 aromatic rings. The van der Waals surface area contributed by atoms with Gasteiger partial charge in [0.25, 0.3) is 5.91 Å². The second-order valence-electron chi connectivity index (χ2n) is 4.47. The SMILES string of the molecule is CCNC(=O)c1ccc(NC2CCSCC2)cc1. The Morgan fingerprint density at radius 3 is 2.56 bits per heavy atom. The quantitative estimate of drug-likeness (QED) is 0.878. The van der Waals surface area contributed by atoms with Crippen LogP contribution in [0.5, 0.6) is 0 Å². The Morgan fingerprint density at radius 1 is 1.28 bits per heavy atom. The highest BCUT2D eigenvalue weighted by Gasteiger charge is 2.13. The zero-order valence-electron chi connectivity index (χ0n) is 10.7. The third kappa shape index (κ3) is 3.67. The maximum atomic E-state index is 11.6. The molecule has 2 rings (SSSR count). The summed E-state index contributed by atoms with van der Waals surface area (Å²) in [6, 6.07) is 8.33. The van der Waals surface area contributed by atoms with Crippen molar-refractivity contribution in [1.82, 2.24) is 5.32 Å². The van der Waals surface area contributed by atoms with Gasteiger partial charge in [0.1, 0.15) is 0 Å². The van der Waals surface area contributed by atoms with Gasteiger partial charge < -0.3 is 10.6 Å². The summed E-state index contributed by atoms with van der Waals surface area (Å²) in [6.45, 7) is 2.59. The van der Waals surface area contributed by atoms with Crippen molar-refractivity contribution in [3.05, 3.63) is 29.8 Å². The largest absolute Gasteiger partial charge is 0.382 e. The number of thioether (sulfide) groups is 1. The van der Waals surface area contributed by atoms with E-state index in [1.54, 1.807) is 0 Å². The molecule has 98 valence electrons. The van der Waals surface area contributed by atoms with Gasteiger partial charge in [0.15, 0.2) is 0 Å². The molecule has 0 saturated carbocycles. The molecule has 4 heteroatoms. The molecule has 0 aliphatic carbocycles. The van der Waals surface area contributed by atoms with Gasteiger partial charge in [-0.15, -0.1) is 0 Å². The fourth-order valence-electron chi connectivity index (χ4n) is 2.06. The summed E-state index contributed by atoms with van der Waals surface area (Å²) in [5.74, 6) is 2.49.